The second kappa shape index (κ2) is 5.87. The van der Waals surface area contributed by atoms with Crippen LogP contribution in [0.5, 0.6) is 0 Å². The fourth-order valence-electron chi connectivity index (χ4n) is 3.77. The standard InChI is InChI=1S/C20H21NO2S/c1-12-8-17-15(10-20(22)23-18(17)9-13(12)2)11-21-6-4-19-16(14(21)3)5-7-24-19/h5,7-10,14H,4,6,11H2,1-3H3/p+1/t14-/m1/s1. The van der Waals surface area contributed by atoms with Crippen molar-refractivity contribution in [2.75, 3.05) is 6.54 Å². The fraction of sp³-hybridized carbons (Fsp3) is 0.350. The average Bonchev–Trinajstić information content (AvgIpc) is 3.01. The Morgan fingerprint density at radius 3 is 2.88 bits per heavy atom. The second-order valence-electron chi connectivity index (χ2n) is 6.88. The molecular formula is C20H22NO2S+. The minimum absolute atomic E-state index is 0.249. The highest BCUT2D eigenvalue weighted by atomic mass is 32.1. The van der Waals surface area contributed by atoms with Crippen molar-refractivity contribution in [1.29, 1.82) is 0 Å². The van der Waals surface area contributed by atoms with Crippen LogP contribution in [0.25, 0.3) is 11.0 Å². The first-order valence-electron chi connectivity index (χ1n) is 8.48. The number of benzene rings is 1. The van der Waals surface area contributed by atoms with Crippen LogP contribution in [0.15, 0.2) is 38.9 Å². The number of rotatable bonds is 2. The summed E-state index contributed by atoms with van der Waals surface area (Å²) in [6.07, 6.45) is 1.13. The van der Waals surface area contributed by atoms with Gasteiger partial charge in [0.25, 0.3) is 0 Å². The molecule has 0 aliphatic carbocycles. The summed E-state index contributed by atoms with van der Waals surface area (Å²) < 4.78 is 5.43. The Kier molecular flexibility index (Phi) is 3.82. The molecule has 1 aliphatic heterocycles. The summed E-state index contributed by atoms with van der Waals surface area (Å²) in [7, 11) is 0. The predicted molar refractivity (Wildman–Crippen MR) is 97.9 cm³/mol. The van der Waals surface area contributed by atoms with Crippen molar-refractivity contribution >= 4 is 22.3 Å². The van der Waals surface area contributed by atoms with Crippen molar-refractivity contribution in [3.8, 4) is 0 Å². The lowest BCUT2D eigenvalue weighted by molar-refractivity contribution is -0.945. The molecule has 1 aliphatic rings. The number of thiophene rings is 1. The third kappa shape index (κ3) is 2.60. The van der Waals surface area contributed by atoms with Crippen molar-refractivity contribution in [3.05, 3.63) is 67.2 Å². The van der Waals surface area contributed by atoms with Gasteiger partial charge in [0.15, 0.2) is 0 Å². The molecule has 24 heavy (non-hydrogen) atoms. The number of hydrogen-bond acceptors (Lipinski definition) is 3. The van der Waals surface area contributed by atoms with E-state index in [0.29, 0.717) is 11.6 Å². The number of aryl methyl sites for hydroxylation is 2. The molecule has 3 heterocycles. The first kappa shape index (κ1) is 15.6. The molecule has 0 saturated carbocycles. The van der Waals surface area contributed by atoms with Crippen LogP contribution in [0.4, 0.5) is 0 Å². The summed E-state index contributed by atoms with van der Waals surface area (Å²) >= 11 is 1.87. The fourth-order valence-corrected chi connectivity index (χ4v) is 4.75. The van der Waals surface area contributed by atoms with E-state index < -0.39 is 0 Å². The zero-order valence-electron chi connectivity index (χ0n) is 14.3. The zero-order valence-corrected chi connectivity index (χ0v) is 15.1. The molecule has 3 aromatic rings. The molecule has 4 rings (SSSR count). The molecular weight excluding hydrogens is 318 g/mol. The van der Waals surface area contributed by atoms with E-state index in [0.717, 1.165) is 36.0 Å². The third-order valence-corrected chi connectivity index (χ3v) is 6.39. The zero-order chi connectivity index (χ0) is 16.8. The van der Waals surface area contributed by atoms with Crippen LogP contribution >= 0.6 is 11.3 Å². The predicted octanol–water partition coefficient (Wildman–Crippen LogP) is 3.17. The maximum atomic E-state index is 12.0. The third-order valence-electron chi connectivity index (χ3n) is 5.39. The van der Waals surface area contributed by atoms with Crippen molar-refractivity contribution in [3.63, 3.8) is 0 Å². The first-order valence-corrected chi connectivity index (χ1v) is 9.35. The Balaban J connectivity index is 1.75. The monoisotopic (exact) mass is 340 g/mol. The summed E-state index contributed by atoms with van der Waals surface area (Å²) in [5.74, 6) is 0. The Labute approximate surface area is 145 Å². The van der Waals surface area contributed by atoms with E-state index in [4.69, 9.17) is 4.42 Å². The van der Waals surface area contributed by atoms with Crippen LogP contribution in [-0.4, -0.2) is 6.54 Å². The highest BCUT2D eigenvalue weighted by Gasteiger charge is 2.28. The Morgan fingerprint density at radius 2 is 2.04 bits per heavy atom. The van der Waals surface area contributed by atoms with Gasteiger partial charge in [0.2, 0.25) is 0 Å². The number of nitrogens with one attached hydrogen (secondary N) is 1. The molecule has 124 valence electrons. The average molecular weight is 340 g/mol. The number of quaternary nitrogens is 1. The normalized spacial score (nSPS) is 20.3. The second-order valence-corrected chi connectivity index (χ2v) is 7.88. The molecule has 3 nitrogen and oxygen atoms in total. The number of hydrogen-bond donors (Lipinski definition) is 1. The highest BCUT2D eigenvalue weighted by Crippen LogP contribution is 2.26. The Bertz CT molecular complexity index is 969. The molecule has 2 atom stereocenters. The van der Waals surface area contributed by atoms with Gasteiger partial charge in [0.05, 0.1) is 6.54 Å². The highest BCUT2D eigenvalue weighted by molar-refractivity contribution is 7.10. The smallest absolute Gasteiger partial charge is 0.336 e. The molecule has 0 radical (unpaired) electrons. The maximum absolute atomic E-state index is 12.0. The minimum atomic E-state index is -0.249. The van der Waals surface area contributed by atoms with Crippen LogP contribution in [0.2, 0.25) is 0 Å². The van der Waals surface area contributed by atoms with Gasteiger partial charge < -0.3 is 9.32 Å². The van der Waals surface area contributed by atoms with E-state index in [1.165, 1.54) is 20.9 Å². The van der Waals surface area contributed by atoms with Crippen LogP contribution in [0, 0.1) is 13.8 Å². The van der Waals surface area contributed by atoms with Gasteiger partial charge in [-0.2, -0.15) is 0 Å². The van der Waals surface area contributed by atoms with Crippen molar-refractivity contribution in [1.82, 2.24) is 0 Å². The van der Waals surface area contributed by atoms with Crippen LogP contribution < -0.4 is 10.5 Å². The summed E-state index contributed by atoms with van der Waals surface area (Å²) in [4.78, 5) is 15.0. The Morgan fingerprint density at radius 1 is 1.25 bits per heavy atom. The van der Waals surface area contributed by atoms with Crippen LogP contribution in [0.1, 0.15) is 40.1 Å². The van der Waals surface area contributed by atoms with E-state index >= 15 is 0 Å². The molecule has 0 bridgehead atoms. The molecule has 2 aromatic heterocycles. The molecule has 0 spiro atoms. The van der Waals surface area contributed by atoms with Gasteiger partial charge in [0, 0.05) is 33.9 Å². The summed E-state index contributed by atoms with van der Waals surface area (Å²) in [6, 6.07) is 8.55. The van der Waals surface area contributed by atoms with Gasteiger partial charge >= 0.3 is 5.63 Å². The molecule has 0 fully saturated rings. The van der Waals surface area contributed by atoms with E-state index in [9.17, 15) is 4.79 Å². The van der Waals surface area contributed by atoms with Crippen molar-refractivity contribution in [2.45, 2.75) is 39.8 Å². The van der Waals surface area contributed by atoms with Gasteiger partial charge in [-0.05, 0) is 55.5 Å². The topological polar surface area (TPSA) is 34.6 Å². The molecule has 1 unspecified atom stereocenters. The first-order chi connectivity index (χ1) is 11.5. The van der Waals surface area contributed by atoms with Gasteiger partial charge in [0.1, 0.15) is 18.2 Å². The quantitative estimate of drug-likeness (QED) is 0.727. The SMILES string of the molecule is Cc1cc2oc(=O)cc(C[NH+]3CCc4sccc4[C@H]3C)c2cc1C. The van der Waals surface area contributed by atoms with Gasteiger partial charge in [-0.3, -0.25) is 0 Å². The summed E-state index contributed by atoms with van der Waals surface area (Å²) in [5.41, 5.74) is 5.43. The van der Waals surface area contributed by atoms with Crippen LogP contribution in [0.3, 0.4) is 0 Å². The molecule has 1 N–H and O–H groups in total. The molecule has 0 amide bonds. The van der Waals surface area contributed by atoms with Crippen molar-refractivity contribution < 1.29 is 9.32 Å². The lowest BCUT2D eigenvalue weighted by Crippen LogP contribution is -3.11. The van der Waals surface area contributed by atoms with E-state index in [2.05, 4.69) is 38.3 Å². The van der Waals surface area contributed by atoms with Crippen molar-refractivity contribution in [2.24, 2.45) is 0 Å². The summed E-state index contributed by atoms with van der Waals surface area (Å²) in [5, 5.41) is 3.27. The van der Waals surface area contributed by atoms with Gasteiger partial charge in [-0.15, -0.1) is 11.3 Å². The van der Waals surface area contributed by atoms with E-state index in [1.807, 2.05) is 17.4 Å². The van der Waals surface area contributed by atoms with E-state index in [1.54, 1.807) is 6.07 Å². The maximum Gasteiger partial charge on any atom is 0.336 e. The van der Waals surface area contributed by atoms with Crippen LogP contribution in [-0.2, 0) is 13.0 Å². The van der Waals surface area contributed by atoms with E-state index in [-0.39, 0.29) is 5.63 Å². The minimum Gasteiger partial charge on any atom is -0.423 e. The number of fused-ring (bicyclic) bond motifs is 2. The lowest BCUT2D eigenvalue weighted by atomic mass is 9.99. The molecule has 4 heteroatoms. The largest absolute Gasteiger partial charge is 0.423 e. The van der Waals surface area contributed by atoms with Gasteiger partial charge in [-0.25, -0.2) is 4.79 Å². The molecule has 0 saturated heterocycles. The Hall–Kier alpha value is -1.91. The molecule has 1 aromatic carbocycles. The lowest BCUT2D eigenvalue weighted by Gasteiger charge is -2.30. The van der Waals surface area contributed by atoms with Gasteiger partial charge in [-0.1, -0.05) is 0 Å². The summed E-state index contributed by atoms with van der Waals surface area (Å²) in [6.45, 7) is 8.43.